The van der Waals surface area contributed by atoms with E-state index in [1.807, 2.05) is 0 Å². The van der Waals surface area contributed by atoms with Gasteiger partial charge in [0.05, 0.1) is 12.1 Å². The molecule has 2 fully saturated rings. The van der Waals surface area contributed by atoms with Gasteiger partial charge in [-0.2, -0.15) is 0 Å². The molecule has 2 aliphatic heterocycles. The summed E-state index contributed by atoms with van der Waals surface area (Å²) in [7, 11) is 0. The fraction of sp³-hybridized carbons (Fsp3) is 0.565. The number of hydrogen-bond acceptors (Lipinski definition) is 8. The summed E-state index contributed by atoms with van der Waals surface area (Å²) in [6.45, 7) is 7.53. The number of benzene rings is 1. The number of esters is 2. The number of halogens is 3. The lowest BCUT2D eigenvalue weighted by molar-refractivity contribution is -0.164. The monoisotopic (exact) mass is 595 g/mol. The van der Waals surface area contributed by atoms with Gasteiger partial charge in [-0.25, -0.2) is 9.59 Å². The second-order valence-corrected chi connectivity index (χ2v) is 14.8. The van der Waals surface area contributed by atoms with E-state index in [4.69, 9.17) is 44.3 Å². The lowest BCUT2D eigenvalue weighted by Crippen LogP contribution is -2.72. The van der Waals surface area contributed by atoms with Gasteiger partial charge in [-0.15, -0.1) is 0 Å². The third-order valence-electron chi connectivity index (χ3n) is 5.66. The lowest BCUT2D eigenvalue weighted by Gasteiger charge is -2.41. The summed E-state index contributed by atoms with van der Waals surface area (Å²) >= 11 is 15.2. The van der Waals surface area contributed by atoms with E-state index < -0.39 is 73.1 Å². The van der Waals surface area contributed by atoms with Crippen molar-refractivity contribution in [3.8, 4) is 0 Å². The molecule has 1 aromatic rings. The molecule has 0 aliphatic carbocycles. The highest BCUT2D eigenvalue weighted by molar-refractivity contribution is 7.94. The van der Waals surface area contributed by atoms with Crippen molar-refractivity contribution in [3.63, 3.8) is 0 Å². The van der Waals surface area contributed by atoms with Gasteiger partial charge in [0, 0.05) is 5.69 Å². The Kier molecular flexibility index (Phi) is 8.56. The summed E-state index contributed by atoms with van der Waals surface area (Å²) < 4.78 is 20.6. The molecule has 14 heteroatoms. The van der Waals surface area contributed by atoms with E-state index in [0.717, 1.165) is 4.90 Å². The van der Waals surface area contributed by atoms with Gasteiger partial charge in [0.2, 0.25) is 15.1 Å². The quantitative estimate of drug-likeness (QED) is 0.212. The Hall–Kier alpha value is -1.92. The molecule has 0 saturated carbocycles. The highest BCUT2D eigenvalue weighted by Gasteiger charge is 2.73. The van der Waals surface area contributed by atoms with Crippen molar-refractivity contribution in [2.45, 2.75) is 66.2 Å². The van der Waals surface area contributed by atoms with Crippen LogP contribution in [0.1, 0.15) is 45.0 Å². The third kappa shape index (κ3) is 6.57. The maximum Gasteiger partial charge on any atom is 0.340 e. The molecule has 3 unspecified atom stereocenters. The van der Waals surface area contributed by atoms with E-state index in [1.54, 1.807) is 58.9 Å². The highest BCUT2D eigenvalue weighted by Crippen LogP contribution is 2.46. The molecule has 3 rings (SSSR count). The van der Waals surface area contributed by atoms with Crippen molar-refractivity contribution in [3.05, 3.63) is 29.8 Å². The van der Waals surface area contributed by atoms with Crippen molar-refractivity contribution in [1.82, 2.24) is 10.2 Å². The standard InChI is InChI=1S/C23H28Cl3N3O7S/c1-21(2,3)36-19(32)12-8-6-7-9-13(12)27-10-14(30)28-15-17(31)29-16(20(33)35-11-23(24,25)26)22(4,5)37(34)18(15)29/h6-9,15-16,18,27H,10-11H2,1-5H3,(H,28,30)/t15?,16?,18-,37?/m1/s1. The fourth-order valence-corrected chi connectivity index (χ4v) is 6.13. The Morgan fingerprint density at radius 1 is 1.16 bits per heavy atom. The first-order valence-corrected chi connectivity index (χ1v) is 13.6. The van der Waals surface area contributed by atoms with Crippen LogP contribution in [0.15, 0.2) is 24.3 Å². The van der Waals surface area contributed by atoms with Crippen molar-refractivity contribution < 1.29 is 33.2 Å². The molecular formula is C23H28Cl3N3O7S. The first-order valence-electron chi connectivity index (χ1n) is 11.3. The predicted octanol–water partition coefficient (Wildman–Crippen LogP) is 2.53. The third-order valence-corrected chi connectivity index (χ3v) is 8.18. The molecule has 2 amide bonds. The molecule has 204 valence electrons. The van der Waals surface area contributed by atoms with Crippen molar-refractivity contribution in [2.75, 3.05) is 18.5 Å². The van der Waals surface area contributed by atoms with Gasteiger partial charge >= 0.3 is 11.9 Å². The number of carbonyl (C=O) groups is 4. The number of rotatable bonds is 7. The summed E-state index contributed by atoms with van der Waals surface area (Å²) in [5, 5.41) is 4.50. The molecular weight excluding hydrogens is 569 g/mol. The van der Waals surface area contributed by atoms with Crippen LogP contribution >= 0.6 is 34.8 Å². The largest absolute Gasteiger partial charge is 0.614 e. The fourth-order valence-electron chi connectivity index (χ4n) is 4.05. The van der Waals surface area contributed by atoms with E-state index >= 15 is 0 Å². The van der Waals surface area contributed by atoms with Crippen LogP contribution in [0.3, 0.4) is 0 Å². The molecule has 4 atom stereocenters. The van der Waals surface area contributed by atoms with Gasteiger partial charge in [-0.3, -0.25) is 14.5 Å². The maximum absolute atomic E-state index is 13.2. The summed E-state index contributed by atoms with van der Waals surface area (Å²) in [5.74, 6) is -2.57. The number of ether oxygens (including phenoxy) is 2. The summed E-state index contributed by atoms with van der Waals surface area (Å²) in [4.78, 5) is 51.9. The number of β-lactam (4-membered cyclic amide) rings is 1. The number of alkyl halides is 3. The highest BCUT2D eigenvalue weighted by atomic mass is 35.6. The number of amides is 2. The van der Waals surface area contributed by atoms with Gasteiger partial charge in [-0.1, -0.05) is 46.9 Å². The maximum atomic E-state index is 13.2. The zero-order chi connectivity index (χ0) is 27.9. The van der Waals surface area contributed by atoms with Crippen LogP contribution in [0.5, 0.6) is 0 Å². The molecule has 0 aromatic heterocycles. The molecule has 2 N–H and O–H groups in total. The summed E-state index contributed by atoms with van der Waals surface area (Å²) in [6, 6.07) is 4.26. The van der Waals surface area contributed by atoms with Gasteiger partial charge in [0.15, 0.2) is 16.8 Å². The normalized spacial score (nSPS) is 24.6. The lowest BCUT2D eigenvalue weighted by atomic mass is 9.96. The Morgan fingerprint density at radius 3 is 2.38 bits per heavy atom. The predicted molar refractivity (Wildman–Crippen MR) is 140 cm³/mol. The van der Waals surface area contributed by atoms with E-state index in [0.29, 0.717) is 5.69 Å². The minimum atomic E-state index is -1.85. The average molecular weight is 597 g/mol. The first kappa shape index (κ1) is 29.6. The molecule has 2 aliphatic rings. The van der Waals surface area contributed by atoms with E-state index in [1.165, 1.54) is 0 Å². The van der Waals surface area contributed by atoms with Crippen molar-refractivity contribution in [2.24, 2.45) is 0 Å². The molecule has 0 radical (unpaired) electrons. The minimum Gasteiger partial charge on any atom is -0.614 e. The first-order chi connectivity index (χ1) is 16.9. The second kappa shape index (κ2) is 10.7. The Bertz CT molecular complexity index is 1090. The van der Waals surface area contributed by atoms with Crippen LogP contribution in [0.2, 0.25) is 0 Å². The topological polar surface area (TPSA) is 137 Å². The molecule has 37 heavy (non-hydrogen) atoms. The van der Waals surface area contributed by atoms with Crippen LogP contribution < -0.4 is 10.6 Å². The number of nitrogens with one attached hydrogen (secondary N) is 2. The number of carbonyl (C=O) groups excluding carboxylic acids is 4. The molecule has 2 saturated heterocycles. The zero-order valence-corrected chi connectivity index (χ0v) is 23.9. The number of anilines is 1. The van der Waals surface area contributed by atoms with E-state index in [2.05, 4.69) is 10.6 Å². The smallest absolute Gasteiger partial charge is 0.340 e. The van der Waals surface area contributed by atoms with Gasteiger partial charge in [0.25, 0.3) is 5.91 Å². The summed E-state index contributed by atoms with van der Waals surface area (Å²) in [6.07, 6.45) is 0. The number of hydrogen-bond donors (Lipinski definition) is 2. The molecule has 10 nitrogen and oxygen atoms in total. The zero-order valence-electron chi connectivity index (χ0n) is 20.8. The van der Waals surface area contributed by atoms with Crippen molar-refractivity contribution in [1.29, 1.82) is 0 Å². The minimum absolute atomic E-state index is 0.242. The Morgan fingerprint density at radius 2 is 1.78 bits per heavy atom. The molecule has 1 aromatic carbocycles. The van der Waals surface area contributed by atoms with Crippen LogP contribution in [-0.2, 0) is 35.0 Å². The summed E-state index contributed by atoms with van der Waals surface area (Å²) in [5.41, 5.74) is -0.0876. The van der Waals surface area contributed by atoms with Gasteiger partial charge in [0.1, 0.15) is 12.2 Å². The number of nitrogens with zero attached hydrogens (tertiary/aromatic N) is 1. The number of fused-ring (bicyclic) bond motifs is 1. The van der Waals surface area contributed by atoms with Crippen LogP contribution in [0.25, 0.3) is 0 Å². The molecule has 2 heterocycles. The van der Waals surface area contributed by atoms with E-state index in [9.17, 15) is 23.7 Å². The molecule has 0 spiro atoms. The van der Waals surface area contributed by atoms with Gasteiger partial charge < -0.3 is 24.7 Å². The van der Waals surface area contributed by atoms with Crippen LogP contribution in [0.4, 0.5) is 5.69 Å². The second-order valence-electron chi connectivity index (χ2n) is 10.1. The van der Waals surface area contributed by atoms with Crippen molar-refractivity contribution >= 4 is 75.4 Å². The SMILES string of the molecule is CC(C)(C)OC(=O)c1ccccc1NCC(=O)NC1C(=O)N2C(C(=O)OCC(Cl)(Cl)Cl)C(C)(C)[S+]([O-])[C@H]12. The van der Waals surface area contributed by atoms with Crippen LogP contribution in [0, 0.1) is 0 Å². The van der Waals surface area contributed by atoms with Crippen LogP contribution in [-0.4, -0.2) is 78.0 Å². The number of para-hydroxylation sites is 1. The van der Waals surface area contributed by atoms with Gasteiger partial charge in [-0.05, 0) is 57.9 Å². The molecule has 0 bridgehead atoms. The van der Waals surface area contributed by atoms with E-state index in [-0.39, 0.29) is 12.1 Å². The Balaban J connectivity index is 1.65. The average Bonchev–Trinajstić information content (AvgIpc) is 2.96. The Labute approximate surface area is 232 Å².